The number of benzene rings is 1. The molecule has 0 radical (unpaired) electrons. The molecule has 0 aliphatic rings. The predicted octanol–water partition coefficient (Wildman–Crippen LogP) is 0.824. The topological polar surface area (TPSA) is 131 Å². The fraction of sp³-hybridized carbons (Fsp3) is 0.500. The van der Waals surface area contributed by atoms with E-state index in [1.54, 1.807) is 0 Å². The van der Waals surface area contributed by atoms with Crippen LogP contribution in [0.3, 0.4) is 0 Å². The Labute approximate surface area is 153 Å². The Balaban J connectivity index is 2.27. The second kappa shape index (κ2) is 11.9. The highest BCUT2D eigenvalue weighted by atomic mass is 16.5. The number of hydrogen-bond donors (Lipinski definition) is 4. The van der Waals surface area contributed by atoms with Gasteiger partial charge in [0.15, 0.2) is 0 Å². The van der Waals surface area contributed by atoms with E-state index in [2.05, 4.69) is 10.6 Å². The number of aliphatic hydroxyl groups excluding tert-OH is 1. The minimum atomic E-state index is -1.10. The summed E-state index contributed by atoms with van der Waals surface area (Å²) in [5.41, 5.74) is 6.09. The summed E-state index contributed by atoms with van der Waals surface area (Å²) in [7, 11) is 0. The van der Waals surface area contributed by atoms with Crippen molar-refractivity contribution >= 4 is 17.9 Å². The zero-order valence-corrected chi connectivity index (χ0v) is 14.9. The van der Waals surface area contributed by atoms with Crippen molar-refractivity contribution in [3.8, 4) is 0 Å². The fourth-order valence-electron chi connectivity index (χ4n) is 2.21. The molecule has 2 atom stereocenters. The number of alkyl carbamates (subject to hydrolysis) is 1. The van der Waals surface area contributed by atoms with Crippen LogP contribution >= 0.6 is 0 Å². The molecule has 0 fully saturated rings. The molecule has 0 aliphatic carbocycles. The monoisotopic (exact) mass is 365 g/mol. The van der Waals surface area contributed by atoms with Gasteiger partial charge in [0.05, 0.1) is 12.5 Å². The first-order chi connectivity index (χ1) is 12.4. The van der Waals surface area contributed by atoms with E-state index in [9.17, 15) is 19.5 Å². The Morgan fingerprint density at radius 3 is 2.54 bits per heavy atom. The Hall–Kier alpha value is -2.61. The van der Waals surface area contributed by atoms with E-state index in [0.29, 0.717) is 6.42 Å². The standard InChI is InChI=1S/C18H27N3O5/c1-2-3-9-15(17(19)24)21-16(23)10-14(22)11-20-18(25)26-12-13-7-5-4-6-8-13/h4-8,14-15,22H,2-3,9-12H2,1H3,(H2,19,24)(H,20,25)(H,21,23)/t14-,15+/m1/s1. The average molecular weight is 365 g/mol. The zero-order chi connectivity index (χ0) is 19.4. The van der Waals surface area contributed by atoms with Crippen LogP contribution in [0.15, 0.2) is 30.3 Å². The van der Waals surface area contributed by atoms with Gasteiger partial charge in [-0.15, -0.1) is 0 Å². The number of hydrogen-bond acceptors (Lipinski definition) is 5. The third-order valence-corrected chi connectivity index (χ3v) is 3.64. The Kier molecular flexibility index (Phi) is 9.78. The van der Waals surface area contributed by atoms with Crippen LogP contribution in [-0.4, -0.2) is 41.7 Å². The SMILES string of the molecule is CCCC[C@H](NC(=O)C[C@@H](O)CNC(=O)OCc1ccccc1)C(N)=O. The van der Waals surface area contributed by atoms with E-state index in [0.717, 1.165) is 18.4 Å². The van der Waals surface area contributed by atoms with Gasteiger partial charge in [-0.25, -0.2) is 4.79 Å². The lowest BCUT2D eigenvalue weighted by Crippen LogP contribution is -2.46. The molecule has 0 saturated carbocycles. The number of rotatable bonds is 11. The largest absolute Gasteiger partial charge is 0.445 e. The maximum atomic E-state index is 11.9. The number of nitrogens with two attached hydrogens (primary N) is 1. The van der Waals surface area contributed by atoms with Crippen molar-refractivity contribution in [1.82, 2.24) is 10.6 Å². The molecular formula is C18H27N3O5. The van der Waals surface area contributed by atoms with Gasteiger partial charge in [-0.2, -0.15) is 0 Å². The predicted molar refractivity (Wildman–Crippen MR) is 95.9 cm³/mol. The van der Waals surface area contributed by atoms with Crippen molar-refractivity contribution in [3.05, 3.63) is 35.9 Å². The molecule has 1 aromatic carbocycles. The van der Waals surface area contributed by atoms with Crippen molar-refractivity contribution in [2.24, 2.45) is 5.73 Å². The number of unbranched alkanes of at least 4 members (excludes halogenated alkanes) is 1. The van der Waals surface area contributed by atoms with Crippen LogP contribution < -0.4 is 16.4 Å². The Bertz CT molecular complexity index is 579. The van der Waals surface area contributed by atoms with Gasteiger partial charge in [0.1, 0.15) is 12.6 Å². The third kappa shape index (κ3) is 9.03. The van der Waals surface area contributed by atoms with Gasteiger partial charge in [0, 0.05) is 6.54 Å². The minimum absolute atomic E-state index is 0.112. The number of ether oxygens (including phenoxy) is 1. The summed E-state index contributed by atoms with van der Waals surface area (Å²) in [4.78, 5) is 34.8. The number of amides is 3. The molecule has 0 aromatic heterocycles. The van der Waals surface area contributed by atoms with Crippen molar-refractivity contribution in [3.63, 3.8) is 0 Å². The molecule has 0 aliphatic heterocycles. The van der Waals surface area contributed by atoms with Crippen LogP contribution in [0.25, 0.3) is 0 Å². The molecule has 144 valence electrons. The van der Waals surface area contributed by atoms with E-state index in [-0.39, 0.29) is 19.6 Å². The van der Waals surface area contributed by atoms with Crippen molar-refractivity contribution in [2.45, 2.75) is 51.4 Å². The van der Waals surface area contributed by atoms with Crippen LogP contribution in [0.5, 0.6) is 0 Å². The first-order valence-electron chi connectivity index (χ1n) is 8.63. The molecule has 3 amide bonds. The van der Waals surface area contributed by atoms with E-state index >= 15 is 0 Å². The van der Waals surface area contributed by atoms with Crippen molar-refractivity contribution in [1.29, 1.82) is 0 Å². The first kappa shape index (κ1) is 21.4. The molecular weight excluding hydrogens is 338 g/mol. The summed E-state index contributed by atoms with van der Waals surface area (Å²) in [5.74, 6) is -1.11. The zero-order valence-electron chi connectivity index (χ0n) is 14.9. The smallest absolute Gasteiger partial charge is 0.407 e. The van der Waals surface area contributed by atoms with Gasteiger partial charge >= 0.3 is 6.09 Å². The molecule has 5 N–H and O–H groups in total. The molecule has 0 unspecified atom stereocenters. The second-order valence-corrected chi connectivity index (χ2v) is 5.97. The second-order valence-electron chi connectivity index (χ2n) is 5.97. The number of carbonyl (C=O) groups is 3. The number of primary amides is 1. The minimum Gasteiger partial charge on any atom is -0.445 e. The van der Waals surface area contributed by atoms with Crippen LogP contribution in [-0.2, 0) is 20.9 Å². The highest BCUT2D eigenvalue weighted by molar-refractivity contribution is 5.86. The van der Waals surface area contributed by atoms with Gasteiger partial charge in [0.2, 0.25) is 11.8 Å². The normalized spacial score (nSPS) is 12.7. The molecule has 0 bridgehead atoms. The molecule has 1 aromatic rings. The van der Waals surface area contributed by atoms with E-state index in [4.69, 9.17) is 10.5 Å². The van der Waals surface area contributed by atoms with Gasteiger partial charge in [-0.05, 0) is 12.0 Å². The molecule has 0 saturated heterocycles. The molecule has 0 heterocycles. The van der Waals surface area contributed by atoms with E-state index < -0.39 is 30.1 Å². The van der Waals surface area contributed by atoms with Gasteiger partial charge < -0.3 is 26.2 Å². The summed E-state index contributed by atoms with van der Waals surface area (Å²) in [5, 5.41) is 14.7. The lowest BCUT2D eigenvalue weighted by atomic mass is 10.1. The highest BCUT2D eigenvalue weighted by Gasteiger charge is 2.19. The summed E-state index contributed by atoms with van der Waals surface area (Å²) >= 11 is 0. The number of aliphatic hydroxyl groups is 1. The van der Waals surface area contributed by atoms with Gasteiger partial charge in [-0.1, -0.05) is 50.1 Å². The summed E-state index contributed by atoms with van der Waals surface area (Å²) in [6.45, 7) is 1.93. The maximum absolute atomic E-state index is 11.9. The summed E-state index contributed by atoms with van der Waals surface area (Å²) in [6.07, 6.45) is 0.0417. The molecule has 8 nitrogen and oxygen atoms in total. The molecule has 1 rings (SSSR count). The Morgan fingerprint density at radius 1 is 1.23 bits per heavy atom. The molecule has 0 spiro atoms. The van der Waals surface area contributed by atoms with Crippen LogP contribution in [0.4, 0.5) is 4.79 Å². The highest BCUT2D eigenvalue weighted by Crippen LogP contribution is 2.02. The quantitative estimate of drug-likeness (QED) is 0.461. The van der Waals surface area contributed by atoms with Crippen molar-refractivity contribution in [2.75, 3.05) is 6.54 Å². The lowest BCUT2D eigenvalue weighted by Gasteiger charge is -2.17. The number of nitrogens with one attached hydrogen (secondary N) is 2. The fourth-order valence-corrected chi connectivity index (χ4v) is 2.21. The number of carbonyl (C=O) groups excluding carboxylic acids is 3. The Morgan fingerprint density at radius 2 is 1.92 bits per heavy atom. The van der Waals surface area contributed by atoms with Gasteiger partial charge in [0.25, 0.3) is 0 Å². The van der Waals surface area contributed by atoms with E-state index in [1.807, 2.05) is 37.3 Å². The van der Waals surface area contributed by atoms with Crippen LogP contribution in [0.2, 0.25) is 0 Å². The maximum Gasteiger partial charge on any atom is 0.407 e. The van der Waals surface area contributed by atoms with Crippen molar-refractivity contribution < 1.29 is 24.2 Å². The van der Waals surface area contributed by atoms with Crippen LogP contribution in [0, 0.1) is 0 Å². The van der Waals surface area contributed by atoms with E-state index in [1.165, 1.54) is 0 Å². The molecule has 8 heteroatoms. The molecule has 26 heavy (non-hydrogen) atoms. The van der Waals surface area contributed by atoms with Gasteiger partial charge in [-0.3, -0.25) is 9.59 Å². The lowest BCUT2D eigenvalue weighted by molar-refractivity contribution is -0.128. The first-order valence-corrected chi connectivity index (χ1v) is 8.63. The summed E-state index contributed by atoms with van der Waals surface area (Å²) < 4.78 is 5.00. The summed E-state index contributed by atoms with van der Waals surface area (Å²) in [6, 6.07) is 8.41. The average Bonchev–Trinajstić information content (AvgIpc) is 2.62. The van der Waals surface area contributed by atoms with Crippen LogP contribution in [0.1, 0.15) is 38.2 Å². The third-order valence-electron chi connectivity index (χ3n) is 3.64.